The Hall–Kier alpha value is -2.53. The first-order chi connectivity index (χ1) is 55.7. The Morgan fingerprint density at radius 3 is 0.948 bits per heavy atom. The molecule has 0 aromatic rings. The molecule has 10 N–H and O–H groups in total. The van der Waals surface area contributed by atoms with Crippen LogP contribution in [0.25, 0.3) is 0 Å². The fourth-order valence-corrected chi connectivity index (χ4v) is 16.6. The molecule has 0 aromatic heterocycles. The third kappa shape index (κ3) is 49.4. The fraction of sp³-hybridized carbons (Fsp3) is 0.955. The summed E-state index contributed by atoms with van der Waals surface area (Å²) in [6.07, 6.45) is 25.3. The van der Waals surface area contributed by atoms with Crippen LogP contribution in [0.1, 0.15) is 413 Å². The van der Waals surface area contributed by atoms with Gasteiger partial charge in [0.05, 0.1) is 13.2 Å². The van der Waals surface area contributed by atoms with Crippen LogP contribution in [-0.4, -0.2) is 205 Å². The maximum atomic E-state index is 14.9. The zero-order chi connectivity index (χ0) is 84.0. The van der Waals surface area contributed by atoms with Gasteiger partial charge in [0.15, 0.2) is 24.8 Å². The van der Waals surface area contributed by atoms with Gasteiger partial charge in [0.1, 0.15) is 92.6 Å². The highest BCUT2D eigenvalue weighted by Crippen LogP contribution is 2.49. The molecule has 0 radical (unpaired) electrons. The molecule has 0 bridgehead atoms. The monoisotopic (exact) mass is 1670 g/mol. The van der Waals surface area contributed by atoms with Crippen LogP contribution < -0.4 is 0 Å². The van der Waals surface area contributed by atoms with E-state index in [0.29, 0.717) is 32.1 Å². The first-order valence-corrected chi connectivity index (χ1v) is 48.3. The van der Waals surface area contributed by atoms with Crippen molar-refractivity contribution in [1.82, 2.24) is 0 Å². The van der Waals surface area contributed by atoms with E-state index < -0.39 is 162 Å². The number of rotatable bonds is 76. The van der Waals surface area contributed by atoms with Gasteiger partial charge in [0.25, 0.3) is 0 Å². The molecule has 3 fully saturated rings. The van der Waals surface area contributed by atoms with Crippen molar-refractivity contribution in [3.05, 3.63) is 0 Å². The summed E-state index contributed by atoms with van der Waals surface area (Å²) in [5.41, 5.74) is 0. The quantitative estimate of drug-likeness (QED) is 0.0117. The van der Waals surface area contributed by atoms with E-state index in [4.69, 9.17) is 46.9 Å². The summed E-state index contributed by atoms with van der Waals surface area (Å²) in [5.74, 6) is -2.94. The van der Waals surface area contributed by atoms with Gasteiger partial charge in [-0.3, -0.25) is 28.2 Å². The van der Waals surface area contributed by atoms with Gasteiger partial charge in [-0.1, -0.05) is 362 Å². The van der Waals surface area contributed by atoms with E-state index in [1.54, 1.807) is 0 Å². The largest absolute Gasteiger partial charge is 0.472 e. The molecule has 678 valence electrons. The van der Waals surface area contributed by atoms with Crippen molar-refractivity contribution in [1.29, 1.82) is 0 Å². The molecule has 26 heteroatoms. The lowest BCUT2D eigenvalue weighted by Gasteiger charge is -2.50. The molecule has 2 saturated heterocycles. The topological polar surface area (TPSA) is 380 Å². The minimum absolute atomic E-state index is 0.0198. The van der Waals surface area contributed by atoms with Crippen LogP contribution in [0, 0.1) is 0 Å². The molecule has 0 spiro atoms. The Labute approximate surface area is 693 Å². The van der Waals surface area contributed by atoms with Crippen molar-refractivity contribution in [2.24, 2.45) is 0 Å². The van der Waals surface area contributed by atoms with Gasteiger partial charge in [0, 0.05) is 25.7 Å². The van der Waals surface area contributed by atoms with Crippen molar-refractivity contribution in [3.63, 3.8) is 0 Å². The molecule has 0 aromatic carbocycles. The van der Waals surface area contributed by atoms with Crippen LogP contribution in [0.5, 0.6) is 0 Å². The number of carbonyl (C=O) groups is 4. The summed E-state index contributed by atoms with van der Waals surface area (Å²) in [6, 6.07) is 0. The van der Waals surface area contributed by atoms with E-state index in [2.05, 4.69) is 27.7 Å². The molecular formula is C89H167O25P. The average molecular weight is 1670 g/mol. The van der Waals surface area contributed by atoms with Crippen molar-refractivity contribution in [2.75, 3.05) is 26.4 Å². The Bertz CT molecular complexity index is 2400. The third-order valence-electron chi connectivity index (χ3n) is 23.1. The van der Waals surface area contributed by atoms with Gasteiger partial charge >= 0.3 is 31.7 Å². The van der Waals surface area contributed by atoms with E-state index in [1.165, 1.54) is 199 Å². The maximum absolute atomic E-state index is 14.9. The number of hydrogen-bond donors (Lipinski definition) is 10. The Kier molecular flexibility index (Phi) is 63.9. The number of carbonyl (C=O) groups excluding carboxylic acids is 4. The Balaban J connectivity index is 1.91. The van der Waals surface area contributed by atoms with E-state index in [1.807, 2.05) is 0 Å². The van der Waals surface area contributed by atoms with Crippen LogP contribution in [0.3, 0.4) is 0 Å². The average Bonchev–Trinajstić information content (AvgIpc) is 0.755. The zero-order valence-electron chi connectivity index (χ0n) is 72.1. The first-order valence-electron chi connectivity index (χ1n) is 46.8. The molecular weight excluding hydrogens is 1500 g/mol. The molecule has 0 amide bonds. The minimum Gasteiger partial charge on any atom is -0.463 e. The second-order valence-electron chi connectivity index (χ2n) is 33.5. The molecule has 2 unspecified atom stereocenters. The first kappa shape index (κ1) is 107. The Morgan fingerprint density at radius 1 is 0.313 bits per heavy atom. The fourth-order valence-electron chi connectivity index (χ4n) is 15.7. The second-order valence-corrected chi connectivity index (χ2v) is 35.0. The van der Waals surface area contributed by atoms with Gasteiger partial charge in [0.2, 0.25) is 0 Å². The van der Waals surface area contributed by atoms with Gasteiger partial charge in [-0.15, -0.1) is 0 Å². The standard InChI is InChI=1S/C89H167O25P/c1-5-9-13-17-21-25-29-33-35-39-42-45-49-53-57-61-72(91)105-66-69(108-74(93)63-59-55-51-47-44-40-36-34-30-26-22-18-14-10-6-2)67-107-115(103,104)114-87-85(112-88-82(101)78(97)76(95)70(65-90)109-88)81(100)80(99)84(111-75(94)64-60-56-52-48-43-38-32-28-24-20-16-12-8-4)86(87)113-89-83(102)79(98)77(96)71(110-89)68-106-73(92)62-58-54-50-46-41-37-31-27-23-19-15-11-7-3/h69-71,76-90,95-102H,5-68H2,1-4H3,(H,103,104)/t69?,70-,71-,76-,77-,78+,79+,80+,81+,82+,83+,84-,85-,86-,87+,88-,89-/m1/s1. The van der Waals surface area contributed by atoms with E-state index >= 15 is 0 Å². The predicted octanol–water partition coefficient (Wildman–Crippen LogP) is 17.0. The Morgan fingerprint density at radius 2 is 0.600 bits per heavy atom. The smallest absolute Gasteiger partial charge is 0.463 e. The summed E-state index contributed by atoms with van der Waals surface area (Å²) < 4.78 is 73.4. The normalized spacial score (nSPS) is 25.2. The zero-order valence-corrected chi connectivity index (χ0v) is 73.0. The predicted molar refractivity (Wildman–Crippen MR) is 444 cm³/mol. The van der Waals surface area contributed by atoms with Crippen LogP contribution in [-0.2, 0) is 70.7 Å². The van der Waals surface area contributed by atoms with Crippen LogP contribution in [0.15, 0.2) is 0 Å². The van der Waals surface area contributed by atoms with Crippen LogP contribution in [0.2, 0.25) is 0 Å². The number of unbranched alkanes of at least 4 members (excludes halogenated alkanes) is 52. The van der Waals surface area contributed by atoms with Gasteiger partial charge in [-0.25, -0.2) is 4.57 Å². The van der Waals surface area contributed by atoms with Crippen LogP contribution >= 0.6 is 7.82 Å². The highest BCUT2D eigenvalue weighted by molar-refractivity contribution is 7.47. The van der Waals surface area contributed by atoms with Crippen molar-refractivity contribution in [2.45, 2.75) is 517 Å². The summed E-state index contributed by atoms with van der Waals surface area (Å²) in [4.78, 5) is 66.4. The molecule has 3 aliphatic rings. The number of hydrogen-bond acceptors (Lipinski definition) is 24. The summed E-state index contributed by atoms with van der Waals surface area (Å²) >= 11 is 0. The van der Waals surface area contributed by atoms with Crippen molar-refractivity contribution >= 4 is 31.7 Å². The molecule has 18 atom stereocenters. The third-order valence-corrected chi connectivity index (χ3v) is 24.1. The second kappa shape index (κ2) is 68.9. The molecule has 2 heterocycles. The van der Waals surface area contributed by atoms with Crippen molar-refractivity contribution < 1.29 is 122 Å². The summed E-state index contributed by atoms with van der Waals surface area (Å²) in [6.45, 7) is 5.62. The summed E-state index contributed by atoms with van der Waals surface area (Å²) in [7, 11) is -5.80. The number of phosphoric acid groups is 1. The van der Waals surface area contributed by atoms with Gasteiger partial charge in [-0.2, -0.15) is 0 Å². The lowest BCUT2D eigenvalue weighted by molar-refractivity contribution is -0.360. The molecule has 1 saturated carbocycles. The van der Waals surface area contributed by atoms with Gasteiger partial charge in [-0.05, 0) is 25.7 Å². The number of aliphatic hydroxyl groups is 9. The lowest BCUT2D eigenvalue weighted by Crippen LogP contribution is -2.70. The van der Waals surface area contributed by atoms with Crippen molar-refractivity contribution in [3.8, 4) is 0 Å². The maximum Gasteiger partial charge on any atom is 0.472 e. The van der Waals surface area contributed by atoms with E-state index in [0.717, 1.165) is 128 Å². The number of aliphatic hydroxyl groups excluding tert-OH is 9. The van der Waals surface area contributed by atoms with E-state index in [9.17, 15) is 74.6 Å². The molecule has 115 heavy (non-hydrogen) atoms. The molecule has 3 rings (SSSR count). The number of ether oxygens (including phenoxy) is 8. The molecule has 1 aliphatic carbocycles. The highest BCUT2D eigenvalue weighted by Gasteiger charge is 2.60. The lowest BCUT2D eigenvalue weighted by atomic mass is 9.84. The van der Waals surface area contributed by atoms with Gasteiger partial charge < -0.3 is 88.7 Å². The number of esters is 4. The highest BCUT2D eigenvalue weighted by atomic mass is 31.2. The minimum atomic E-state index is -5.80. The molecule has 25 nitrogen and oxygen atoms in total. The molecule has 2 aliphatic heterocycles. The summed E-state index contributed by atoms with van der Waals surface area (Å²) in [5, 5.41) is 102. The van der Waals surface area contributed by atoms with Crippen LogP contribution in [0.4, 0.5) is 0 Å². The SMILES string of the molecule is CCCCCCCCCCCCCCCCCC(=O)OCC(COP(=O)(O)O[C@@H]1[C@H](O[C@H]2O[C@H](COC(=O)CCCCCCCCCCCCCCC)[C@@H](O)[C@H](O)[C@@H]2O)[C@H](OC(=O)CCCCCCCCCCCCCCC)[C@@H](O)[C@H](O)[C@H]1O[C@H]1O[C@H](CO)[C@@H](O)[C@H](O)[C@@H]1O)OC(=O)CCCCCCCCCCCCCCCCC. The van der Waals surface area contributed by atoms with E-state index in [-0.39, 0.29) is 25.7 Å². The number of phosphoric ester groups is 1.